The summed E-state index contributed by atoms with van der Waals surface area (Å²) in [5, 5.41) is 18.2. The molecule has 1 saturated carbocycles. The van der Waals surface area contributed by atoms with Crippen LogP contribution in [0.25, 0.3) is 0 Å². The van der Waals surface area contributed by atoms with E-state index >= 15 is 0 Å². The van der Waals surface area contributed by atoms with Crippen LogP contribution in [0.3, 0.4) is 0 Å². The monoisotopic (exact) mass is 324 g/mol. The topological polar surface area (TPSA) is 92.5 Å². The molecule has 3 heterocycles. The third-order valence-electron chi connectivity index (χ3n) is 4.71. The van der Waals surface area contributed by atoms with E-state index in [9.17, 15) is 0 Å². The van der Waals surface area contributed by atoms with Crippen LogP contribution < -0.4 is 5.32 Å². The number of aromatic nitrogens is 5. The standard InChI is InChI=1S/C17H20N6O/c1-2-8-17(9-3-1,16-23-19-12-24-16)11-13-5-4-6-14(20-13)21-15-7-10-18-22-15/h4-7,10,12H,1-3,8-9,11H2,(H2,18,20,21,22). The quantitative estimate of drug-likeness (QED) is 0.747. The maximum atomic E-state index is 5.59. The third kappa shape index (κ3) is 3.02. The van der Waals surface area contributed by atoms with Gasteiger partial charge in [-0.2, -0.15) is 5.10 Å². The summed E-state index contributed by atoms with van der Waals surface area (Å²) in [5.41, 5.74) is 0.938. The van der Waals surface area contributed by atoms with Crippen molar-refractivity contribution in [1.82, 2.24) is 25.4 Å². The molecule has 7 nitrogen and oxygen atoms in total. The third-order valence-corrected chi connectivity index (χ3v) is 4.71. The van der Waals surface area contributed by atoms with E-state index in [1.165, 1.54) is 25.7 Å². The van der Waals surface area contributed by atoms with Crippen molar-refractivity contribution in [3.8, 4) is 0 Å². The van der Waals surface area contributed by atoms with E-state index in [1.807, 2.05) is 18.2 Å². The molecule has 0 amide bonds. The van der Waals surface area contributed by atoms with Crippen LogP contribution in [-0.4, -0.2) is 25.4 Å². The number of pyridine rings is 1. The van der Waals surface area contributed by atoms with E-state index in [2.05, 4.69) is 31.8 Å². The van der Waals surface area contributed by atoms with Gasteiger partial charge in [0.1, 0.15) is 11.6 Å². The van der Waals surface area contributed by atoms with Crippen molar-refractivity contribution in [1.29, 1.82) is 0 Å². The van der Waals surface area contributed by atoms with Crippen LogP contribution in [-0.2, 0) is 11.8 Å². The van der Waals surface area contributed by atoms with Gasteiger partial charge in [0.15, 0.2) is 0 Å². The van der Waals surface area contributed by atoms with E-state index in [0.717, 1.165) is 42.5 Å². The molecule has 0 bridgehead atoms. The summed E-state index contributed by atoms with van der Waals surface area (Å²) in [4.78, 5) is 4.75. The smallest absolute Gasteiger partial charge is 0.222 e. The largest absolute Gasteiger partial charge is 0.427 e. The summed E-state index contributed by atoms with van der Waals surface area (Å²) in [5.74, 6) is 2.37. The Hall–Kier alpha value is -2.70. The Morgan fingerprint density at radius 1 is 1.17 bits per heavy atom. The van der Waals surface area contributed by atoms with E-state index in [4.69, 9.17) is 9.40 Å². The Labute approximate surface area is 139 Å². The van der Waals surface area contributed by atoms with Gasteiger partial charge in [-0.25, -0.2) is 4.98 Å². The summed E-state index contributed by atoms with van der Waals surface area (Å²) in [7, 11) is 0. The van der Waals surface area contributed by atoms with Gasteiger partial charge >= 0.3 is 0 Å². The highest BCUT2D eigenvalue weighted by atomic mass is 16.4. The Bertz CT molecular complexity index is 762. The van der Waals surface area contributed by atoms with Crippen molar-refractivity contribution in [2.24, 2.45) is 0 Å². The lowest BCUT2D eigenvalue weighted by atomic mass is 9.71. The predicted molar refractivity (Wildman–Crippen MR) is 88.9 cm³/mol. The van der Waals surface area contributed by atoms with Gasteiger partial charge in [-0.1, -0.05) is 25.3 Å². The number of nitrogens with one attached hydrogen (secondary N) is 2. The fraction of sp³-hybridized carbons (Fsp3) is 0.412. The molecular formula is C17H20N6O. The zero-order valence-corrected chi connectivity index (χ0v) is 13.4. The van der Waals surface area contributed by atoms with E-state index in [1.54, 1.807) is 6.20 Å². The van der Waals surface area contributed by atoms with E-state index in [-0.39, 0.29) is 5.41 Å². The Morgan fingerprint density at radius 2 is 2.08 bits per heavy atom. The first-order chi connectivity index (χ1) is 11.8. The minimum Gasteiger partial charge on any atom is -0.427 e. The maximum Gasteiger partial charge on any atom is 0.222 e. The first-order valence-electron chi connectivity index (χ1n) is 8.33. The van der Waals surface area contributed by atoms with Crippen LogP contribution in [0.2, 0.25) is 0 Å². The molecule has 0 atom stereocenters. The number of H-pyrrole nitrogens is 1. The van der Waals surface area contributed by atoms with Gasteiger partial charge in [-0.05, 0) is 25.0 Å². The lowest BCUT2D eigenvalue weighted by molar-refractivity contribution is 0.231. The molecule has 24 heavy (non-hydrogen) atoms. The van der Waals surface area contributed by atoms with Crippen molar-refractivity contribution >= 4 is 11.6 Å². The summed E-state index contributed by atoms with van der Waals surface area (Å²) in [6.07, 6.45) is 9.72. The van der Waals surface area contributed by atoms with Gasteiger partial charge in [0.2, 0.25) is 12.3 Å². The number of aromatic amines is 1. The molecule has 0 spiro atoms. The first-order valence-corrected chi connectivity index (χ1v) is 8.33. The molecule has 4 rings (SSSR count). The molecule has 2 N–H and O–H groups in total. The molecule has 7 heteroatoms. The molecule has 0 radical (unpaired) electrons. The van der Waals surface area contributed by atoms with Gasteiger partial charge in [0.25, 0.3) is 0 Å². The Morgan fingerprint density at radius 3 is 2.83 bits per heavy atom. The number of anilines is 2. The highest BCUT2D eigenvalue weighted by Crippen LogP contribution is 2.41. The molecule has 1 aliphatic carbocycles. The van der Waals surface area contributed by atoms with Gasteiger partial charge in [-0.3, -0.25) is 5.10 Å². The van der Waals surface area contributed by atoms with Gasteiger partial charge < -0.3 is 9.73 Å². The molecular weight excluding hydrogens is 304 g/mol. The number of hydrogen-bond acceptors (Lipinski definition) is 6. The van der Waals surface area contributed by atoms with Crippen molar-refractivity contribution in [2.75, 3.05) is 5.32 Å². The van der Waals surface area contributed by atoms with Crippen molar-refractivity contribution < 1.29 is 4.42 Å². The summed E-state index contributed by atoms with van der Waals surface area (Å²) in [6.45, 7) is 0. The van der Waals surface area contributed by atoms with Crippen molar-refractivity contribution in [3.05, 3.63) is 48.4 Å². The van der Waals surface area contributed by atoms with Crippen molar-refractivity contribution in [2.45, 2.75) is 43.9 Å². The van der Waals surface area contributed by atoms with Crippen LogP contribution in [0.4, 0.5) is 11.6 Å². The second-order valence-electron chi connectivity index (χ2n) is 6.37. The lowest BCUT2D eigenvalue weighted by Gasteiger charge is -2.33. The van der Waals surface area contributed by atoms with E-state index in [0.29, 0.717) is 0 Å². The SMILES string of the molecule is c1cc(CC2(c3nnco3)CCCCC2)nc(Nc2ccn[nH]2)c1. The number of rotatable bonds is 5. The van der Waals surface area contributed by atoms with Crippen LogP contribution in [0, 0.1) is 0 Å². The number of nitrogens with zero attached hydrogens (tertiary/aromatic N) is 4. The molecule has 1 fully saturated rings. The average Bonchev–Trinajstić information content (AvgIpc) is 3.30. The predicted octanol–water partition coefficient (Wildman–Crippen LogP) is 3.38. The average molecular weight is 324 g/mol. The fourth-order valence-electron chi connectivity index (χ4n) is 3.56. The molecule has 1 aliphatic rings. The van der Waals surface area contributed by atoms with Crippen LogP contribution in [0.5, 0.6) is 0 Å². The number of hydrogen-bond donors (Lipinski definition) is 2. The summed E-state index contributed by atoms with van der Waals surface area (Å²) >= 11 is 0. The normalized spacial score (nSPS) is 16.8. The maximum absolute atomic E-state index is 5.59. The fourth-order valence-corrected chi connectivity index (χ4v) is 3.56. The molecule has 3 aromatic rings. The lowest BCUT2D eigenvalue weighted by Crippen LogP contribution is -2.32. The second kappa shape index (κ2) is 6.43. The minimum atomic E-state index is -0.0889. The van der Waals surface area contributed by atoms with Gasteiger partial charge in [0, 0.05) is 18.2 Å². The summed E-state index contributed by atoms with van der Waals surface area (Å²) < 4.78 is 5.59. The molecule has 0 aliphatic heterocycles. The molecule has 0 saturated heterocycles. The Kier molecular flexibility index (Phi) is 3.98. The van der Waals surface area contributed by atoms with Crippen LogP contribution >= 0.6 is 0 Å². The van der Waals surface area contributed by atoms with E-state index < -0.39 is 0 Å². The molecule has 0 aromatic carbocycles. The molecule has 124 valence electrons. The first kappa shape index (κ1) is 14.9. The van der Waals surface area contributed by atoms with Gasteiger partial charge in [-0.15, -0.1) is 10.2 Å². The zero-order valence-electron chi connectivity index (χ0n) is 13.4. The van der Waals surface area contributed by atoms with Gasteiger partial charge in [0.05, 0.1) is 11.6 Å². The molecule has 0 unspecified atom stereocenters. The van der Waals surface area contributed by atoms with Crippen molar-refractivity contribution in [3.63, 3.8) is 0 Å². The highest BCUT2D eigenvalue weighted by molar-refractivity contribution is 5.50. The summed E-state index contributed by atoms with van der Waals surface area (Å²) in [6, 6.07) is 7.90. The minimum absolute atomic E-state index is 0.0889. The second-order valence-corrected chi connectivity index (χ2v) is 6.37. The highest BCUT2D eigenvalue weighted by Gasteiger charge is 2.39. The van der Waals surface area contributed by atoms with Crippen LogP contribution in [0.15, 0.2) is 41.3 Å². The zero-order chi connectivity index (χ0) is 16.2. The Balaban J connectivity index is 1.58. The molecule has 3 aromatic heterocycles. The van der Waals surface area contributed by atoms with Crippen LogP contribution in [0.1, 0.15) is 43.7 Å².